The number of rotatable bonds is 5. The normalized spacial score (nSPS) is 24.2. The van der Waals surface area contributed by atoms with E-state index in [1.54, 1.807) is 0 Å². The monoisotopic (exact) mass is 278 g/mol. The number of ether oxygens (including phenoxy) is 1. The molecule has 1 saturated heterocycles. The minimum Gasteiger partial charge on any atom is -0.501 e. The molecule has 0 aromatic heterocycles. The molecule has 19 heavy (non-hydrogen) atoms. The predicted molar refractivity (Wildman–Crippen MR) is 81.3 cm³/mol. The molecule has 1 aliphatic heterocycles. The molecule has 0 saturated carbocycles. The Bertz CT molecular complexity index is 439. The fourth-order valence-electron chi connectivity index (χ4n) is 2.34. The summed E-state index contributed by atoms with van der Waals surface area (Å²) in [6.45, 7) is 2.72. The molecule has 1 aromatic rings. The molecule has 0 aliphatic carbocycles. The zero-order valence-electron chi connectivity index (χ0n) is 11.5. The molecule has 0 N–H and O–H groups in total. The van der Waals surface area contributed by atoms with Gasteiger partial charge in [-0.2, -0.15) is 0 Å². The highest BCUT2D eigenvalue weighted by Crippen LogP contribution is 2.19. The largest absolute Gasteiger partial charge is 0.501 e. The van der Waals surface area contributed by atoms with Crippen LogP contribution in [0.1, 0.15) is 38.2 Å². The summed E-state index contributed by atoms with van der Waals surface area (Å²) in [6, 6.07) is 10.2. The van der Waals surface area contributed by atoms with Gasteiger partial charge in [0.1, 0.15) is 0 Å². The number of hydrogen-bond acceptors (Lipinski definition) is 2. The highest BCUT2D eigenvalue weighted by atomic mass is 32.2. The molecule has 1 heterocycles. The van der Waals surface area contributed by atoms with Gasteiger partial charge in [0.15, 0.2) is 0 Å². The second kappa shape index (κ2) is 7.49. The molecule has 1 fully saturated rings. The molecule has 2 atom stereocenters. The number of allylic oxidation sites excluding steroid dienone is 1. The smallest absolute Gasteiger partial charge is 0.0884 e. The lowest BCUT2D eigenvalue weighted by molar-refractivity contribution is 0.242. The number of benzene rings is 1. The van der Waals surface area contributed by atoms with Gasteiger partial charge in [-0.15, -0.1) is 0 Å². The van der Waals surface area contributed by atoms with E-state index in [4.69, 9.17) is 4.74 Å². The van der Waals surface area contributed by atoms with E-state index in [9.17, 15) is 4.21 Å². The molecular formula is C16H22O2S. The second-order valence-corrected chi connectivity index (χ2v) is 6.87. The van der Waals surface area contributed by atoms with E-state index in [0.717, 1.165) is 30.6 Å². The van der Waals surface area contributed by atoms with E-state index < -0.39 is 10.8 Å². The van der Waals surface area contributed by atoms with Gasteiger partial charge >= 0.3 is 0 Å². The molecule has 0 amide bonds. The van der Waals surface area contributed by atoms with Crippen LogP contribution in [0.4, 0.5) is 0 Å². The fourth-order valence-corrected chi connectivity index (χ4v) is 3.95. The Morgan fingerprint density at radius 2 is 2.16 bits per heavy atom. The summed E-state index contributed by atoms with van der Waals surface area (Å²) in [5.41, 5.74) is 2.31. The van der Waals surface area contributed by atoms with Gasteiger partial charge in [0, 0.05) is 21.8 Å². The molecule has 2 unspecified atom stereocenters. The van der Waals surface area contributed by atoms with Crippen LogP contribution in [0, 0.1) is 0 Å². The molecule has 104 valence electrons. The zero-order valence-corrected chi connectivity index (χ0v) is 12.3. The van der Waals surface area contributed by atoms with Crippen LogP contribution in [0.15, 0.2) is 36.6 Å². The Balaban J connectivity index is 1.75. The van der Waals surface area contributed by atoms with Crippen molar-refractivity contribution in [2.75, 3.05) is 12.4 Å². The molecular weight excluding hydrogens is 256 g/mol. The van der Waals surface area contributed by atoms with Crippen molar-refractivity contribution in [2.45, 2.75) is 37.9 Å². The van der Waals surface area contributed by atoms with E-state index in [2.05, 4.69) is 12.1 Å². The van der Waals surface area contributed by atoms with Gasteiger partial charge in [-0.25, -0.2) is 0 Å². The zero-order chi connectivity index (χ0) is 13.5. The third-order valence-corrected chi connectivity index (χ3v) is 5.45. The Kier molecular flexibility index (Phi) is 5.64. The third kappa shape index (κ3) is 4.50. The first-order chi connectivity index (χ1) is 9.27. The standard InChI is InChI=1S/C16H22O2S/c1-14(15-7-3-2-4-8-15)13-18-11-10-16-9-5-6-12-19(16)17/h2-4,7-8,13,16H,5-6,9-12H2,1H3/b14-13-. The van der Waals surface area contributed by atoms with Crippen molar-refractivity contribution in [3.8, 4) is 0 Å². The van der Waals surface area contributed by atoms with Crippen molar-refractivity contribution < 1.29 is 8.95 Å². The molecule has 1 aliphatic rings. The van der Waals surface area contributed by atoms with Gasteiger partial charge in [0.25, 0.3) is 0 Å². The quantitative estimate of drug-likeness (QED) is 0.605. The first-order valence-corrected chi connectivity index (χ1v) is 8.36. The molecule has 2 nitrogen and oxygen atoms in total. The lowest BCUT2D eigenvalue weighted by Crippen LogP contribution is -2.23. The van der Waals surface area contributed by atoms with E-state index in [0.29, 0.717) is 11.9 Å². The first-order valence-electron chi connectivity index (χ1n) is 6.98. The van der Waals surface area contributed by atoms with Crippen molar-refractivity contribution in [3.63, 3.8) is 0 Å². The van der Waals surface area contributed by atoms with Crippen molar-refractivity contribution >= 4 is 16.4 Å². The summed E-state index contributed by atoms with van der Waals surface area (Å²) >= 11 is 0. The SMILES string of the molecule is C/C(=C/OCCC1CCCCS1=O)c1ccccc1. The molecule has 0 spiro atoms. The van der Waals surface area contributed by atoms with Gasteiger partial charge in [-0.1, -0.05) is 36.8 Å². The topological polar surface area (TPSA) is 26.3 Å². The Morgan fingerprint density at radius 3 is 2.89 bits per heavy atom. The highest BCUT2D eigenvalue weighted by molar-refractivity contribution is 7.85. The molecule has 3 heteroatoms. The Labute approximate surface area is 118 Å². The van der Waals surface area contributed by atoms with Crippen molar-refractivity contribution in [3.05, 3.63) is 42.2 Å². The number of hydrogen-bond donors (Lipinski definition) is 0. The highest BCUT2D eigenvalue weighted by Gasteiger charge is 2.20. The average Bonchev–Trinajstić information content (AvgIpc) is 2.46. The summed E-state index contributed by atoms with van der Waals surface area (Å²) in [5.74, 6) is 0.879. The van der Waals surface area contributed by atoms with Gasteiger partial charge in [0.2, 0.25) is 0 Å². The summed E-state index contributed by atoms with van der Waals surface area (Å²) in [4.78, 5) is 0. The van der Waals surface area contributed by atoms with Gasteiger partial charge < -0.3 is 4.74 Å². The van der Waals surface area contributed by atoms with Crippen LogP contribution in [0.25, 0.3) is 5.57 Å². The van der Waals surface area contributed by atoms with E-state index in [1.807, 2.05) is 31.4 Å². The molecule has 1 aromatic carbocycles. The minimum atomic E-state index is -0.629. The van der Waals surface area contributed by atoms with Crippen LogP contribution in [-0.2, 0) is 15.5 Å². The Hall–Kier alpha value is -1.09. The van der Waals surface area contributed by atoms with Gasteiger partial charge in [-0.3, -0.25) is 4.21 Å². The molecule has 2 rings (SSSR count). The van der Waals surface area contributed by atoms with Crippen LogP contribution in [0.5, 0.6) is 0 Å². The molecule has 0 radical (unpaired) electrons. The lowest BCUT2D eigenvalue weighted by atomic mass is 10.1. The summed E-state index contributed by atoms with van der Waals surface area (Å²) < 4.78 is 17.4. The van der Waals surface area contributed by atoms with Crippen LogP contribution in [-0.4, -0.2) is 21.8 Å². The van der Waals surface area contributed by atoms with E-state index in [1.165, 1.54) is 12.0 Å². The molecule has 0 bridgehead atoms. The second-order valence-electron chi connectivity index (χ2n) is 5.03. The predicted octanol–water partition coefficient (Wildman–Crippen LogP) is 3.76. The first kappa shape index (κ1) is 14.3. The third-order valence-electron chi connectivity index (χ3n) is 3.54. The fraction of sp³-hybridized carbons (Fsp3) is 0.500. The van der Waals surface area contributed by atoms with Crippen molar-refractivity contribution in [2.24, 2.45) is 0 Å². The summed E-state index contributed by atoms with van der Waals surface area (Å²) in [5, 5.41) is 0.346. The summed E-state index contributed by atoms with van der Waals surface area (Å²) in [7, 11) is -0.629. The van der Waals surface area contributed by atoms with Crippen LogP contribution in [0.2, 0.25) is 0 Å². The van der Waals surface area contributed by atoms with E-state index in [-0.39, 0.29) is 0 Å². The van der Waals surface area contributed by atoms with Crippen molar-refractivity contribution in [1.82, 2.24) is 0 Å². The maximum absolute atomic E-state index is 11.8. The maximum Gasteiger partial charge on any atom is 0.0884 e. The maximum atomic E-state index is 11.8. The van der Waals surface area contributed by atoms with Crippen LogP contribution < -0.4 is 0 Å². The van der Waals surface area contributed by atoms with E-state index >= 15 is 0 Å². The van der Waals surface area contributed by atoms with Crippen LogP contribution in [0.3, 0.4) is 0 Å². The Morgan fingerprint density at radius 1 is 1.37 bits per heavy atom. The summed E-state index contributed by atoms with van der Waals surface area (Å²) in [6.07, 6.45) is 6.16. The van der Waals surface area contributed by atoms with Gasteiger partial charge in [0.05, 0.1) is 12.9 Å². The van der Waals surface area contributed by atoms with Crippen molar-refractivity contribution in [1.29, 1.82) is 0 Å². The lowest BCUT2D eigenvalue weighted by Gasteiger charge is -2.20. The van der Waals surface area contributed by atoms with Gasteiger partial charge in [-0.05, 0) is 37.3 Å². The average molecular weight is 278 g/mol. The minimum absolute atomic E-state index is 0.346. The van der Waals surface area contributed by atoms with Crippen LogP contribution >= 0.6 is 0 Å².